The normalized spacial score (nSPS) is 10.3. The van der Waals surface area contributed by atoms with Crippen LogP contribution in [-0.2, 0) is 0 Å². The molecular formula is C14H10BrFINO. The van der Waals surface area contributed by atoms with Crippen LogP contribution in [-0.4, -0.2) is 5.91 Å². The number of halogens is 3. The van der Waals surface area contributed by atoms with Crippen LogP contribution >= 0.6 is 38.5 Å². The summed E-state index contributed by atoms with van der Waals surface area (Å²) in [5.41, 5.74) is 2.12. The predicted octanol–water partition coefficient (Wildman–Crippen LogP) is 4.75. The predicted molar refractivity (Wildman–Crippen MR) is 85.9 cm³/mol. The van der Waals surface area contributed by atoms with Gasteiger partial charge in [0.25, 0.3) is 5.91 Å². The van der Waals surface area contributed by atoms with Crippen LogP contribution in [0.1, 0.15) is 15.9 Å². The summed E-state index contributed by atoms with van der Waals surface area (Å²) in [6.45, 7) is 2.00. The summed E-state index contributed by atoms with van der Waals surface area (Å²) >= 11 is 5.37. The number of aryl methyl sites for hydroxylation is 1. The number of anilines is 1. The van der Waals surface area contributed by atoms with Gasteiger partial charge in [0.05, 0.1) is 0 Å². The molecule has 0 aliphatic heterocycles. The second kappa shape index (κ2) is 6.00. The van der Waals surface area contributed by atoms with E-state index < -0.39 is 5.82 Å². The summed E-state index contributed by atoms with van der Waals surface area (Å²) in [7, 11) is 0. The molecule has 0 saturated carbocycles. The molecule has 0 atom stereocenters. The largest absolute Gasteiger partial charge is 0.322 e. The van der Waals surface area contributed by atoms with E-state index in [1.54, 1.807) is 6.07 Å². The van der Waals surface area contributed by atoms with E-state index in [0.29, 0.717) is 10.2 Å². The molecule has 0 aliphatic rings. The summed E-state index contributed by atoms with van der Waals surface area (Å²) < 4.78 is 14.8. The van der Waals surface area contributed by atoms with Crippen molar-refractivity contribution < 1.29 is 9.18 Å². The summed E-state index contributed by atoms with van der Waals surface area (Å²) in [6.07, 6.45) is 0. The van der Waals surface area contributed by atoms with Crippen molar-refractivity contribution in [2.45, 2.75) is 6.92 Å². The smallest absolute Gasteiger partial charge is 0.255 e. The maximum atomic E-state index is 13.2. The minimum Gasteiger partial charge on any atom is -0.322 e. The van der Waals surface area contributed by atoms with E-state index >= 15 is 0 Å². The van der Waals surface area contributed by atoms with Crippen LogP contribution in [0.5, 0.6) is 0 Å². The first-order valence-corrected chi connectivity index (χ1v) is 7.36. The van der Waals surface area contributed by atoms with E-state index in [1.165, 1.54) is 12.1 Å². The average Bonchev–Trinajstić information content (AvgIpc) is 2.32. The van der Waals surface area contributed by atoms with Crippen molar-refractivity contribution in [1.82, 2.24) is 0 Å². The van der Waals surface area contributed by atoms with Crippen molar-refractivity contribution in [2.24, 2.45) is 0 Å². The molecule has 0 saturated heterocycles. The first kappa shape index (κ1) is 14.5. The van der Waals surface area contributed by atoms with Gasteiger partial charge >= 0.3 is 0 Å². The lowest BCUT2D eigenvalue weighted by molar-refractivity contribution is 0.102. The monoisotopic (exact) mass is 433 g/mol. The molecule has 2 nitrogen and oxygen atoms in total. The molecule has 0 aliphatic carbocycles. The molecule has 0 fully saturated rings. The molecule has 1 amide bonds. The van der Waals surface area contributed by atoms with Crippen LogP contribution in [0.4, 0.5) is 10.1 Å². The summed E-state index contributed by atoms with van der Waals surface area (Å²) in [5.74, 6) is -0.780. The number of carbonyl (C=O) groups is 1. The molecule has 0 unspecified atom stereocenters. The van der Waals surface area contributed by atoms with Crippen molar-refractivity contribution in [3.05, 3.63) is 61.4 Å². The first-order valence-electron chi connectivity index (χ1n) is 5.49. The van der Waals surface area contributed by atoms with Crippen molar-refractivity contribution in [1.29, 1.82) is 0 Å². The molecular weight excluding hydrogens is 424 g/mol. The molecule has 19 heavy (non-hydrogen) atoms. The fourth-order valence-corrected chi connectivity index (χ4v) is 2.54. The quantitative estimate of drug-likeness (QED) is 0.680. The SMILES string of the molecule is Cc1ccc(NC(=O)c2cc(F)cc(Br)c2)cc1I. The van der Waals surface area contributed by atoms with Crippen LogP contribution in [0.15, 0.2) is 40.9 Å². The van der Waals surface area contributed by atoms with Crippen molar-refractivity contribution >= 4 is 50.1 Å². The molecule has 0 bridgehead atoms. The third-order valence-electron chi connectivity index (χ3n) is 2.55. The highest BCUT2D eigenvalue weighted by Gasteiger charge is 2.09. The molecule has 0 spiro atoms. The number of nitrogens with one attached hydrogen (secondary N) is 1. The van der Waals surface area contributed by atoms with Crippen LogP contribution in [0.3, 0.4) is 0 Å². The molecule has 5 heteroatoms. The number of rotatable bonds is 2. The van der Waals surface area contributed by atoms with Gasteiger partial charge in [-0.15, -0.1) is 0 Å². The second-order valence-electron chi connectivity index (χ2n) is 4.08. The van der Waals surface area contributed by atoms with Gasteiger partial charge in [-0.25, -0.2) is 4.39 Å². The Morgan fingerprint density at radius 2 is 2.00 bits per heavy atom. The highest BCUT2D eigenvalue weighted by Crippen LogP contribution is 2.19. The Labute approximate surface area is 132 Å². The van der Waals surface area contributed by atoms with Gasteiger partial charge in [0.15, 0.2) is 0 Å². The third kappa shape index (κ3) is 3.76. The van der Waals surface area contributed by atoms with E-state index in [1.807, 2.05) is 25.1 Å². The highest BCUT2D eigenvalue weighted by molar-refractivity contribution is 14.1. The Kier molecular flexibility index (Phi) is 4.57. The number of amides is 1. The van der Waals surface area contributed by atoms with Gasteiger partial charge < -0.3 is 5.32 Å². The average molecular weight is 434 g/mol. The van der Waals surface area contributed by atoms with Gasteiger partial charge in [-0.3, -0.25) is 4.79 Å². The fourth-order valence-electron chi connectivity index (χ4n) is 1.56. The topological polar surface area (TPSA) is 29.1 Å². The van der Waals surface area contributed by atoms with E-state index in [9.17, 15) is 9.18 Å². The van der Waals surface area contributed by atoms with Crippen LogP contribution in [0.25, 0.3) is 0 Å². The number of hydrogen-bond acceptors (Lipinski definition) is 1. The van der Waals surface area contributed by atoms with E-state index in [-0.39, 0.29) is 11.5 Å². The van der Waals surface area contributed by atoms with Crippen LogP contribution in [0.2, 0.25) is 0 Å². The number of benzene rings is 2. The summed E-state index contributed by atoms with van der Waals surface area (Å²) in [5, 5.41) is 2.75. The molecule has 2 aromatic rings. The summed E-state index contributed by atoms with van der Waals surface area (Å²) in [6, 6.07) is 9.73. The van der Waals surface area contributed by atoms with Gasteiger partial charge in [0, 0.05) is 19.3 Å². The number of hydrogen-bond donors (Lipinski definition) is 1. The van der Waals surface area contributed by atoms with E-state index in [4.69, 9.17) is 0 Å². The highest BCUT2D eigenvalue weighted by atomic mass is 127. The summed E-state index contributed by atoms with van der Waals surface area (Å²) in [4.78, 5) is 12.0. The minimum atomic E-state index is -0.446. The Balaban J connectivity index is 2.22. The van der Waals surface area contributed by atoms with Crippen molar-refractivity contribution in [3.8, 4) is 0 Å². The lowest BCUT2D eigenvalue weighted by Gasteiger charge is -2.07. The van der Waals surface area contributed by atoms with Crippen LogP contribution < -0.4 is 5.32 Å². The minimum absolute atomic E-state index is 0.280. The Morgan fingerprint density at radius 3 is 2.63 bits per heavy atom. The standard InChI is InChI=1S/C14H10BrFINO/c1-8-2-3-12(7-13(8)17)18-14(19)9-4-10(15)6-11(16)5-9/h2-7H,1H3,(H,18,19). The molecule has 0 aromatic heterocycles. The Morgan fingerprint density at radius 1 is 1.26 bits per heavy atom. The van der Waals surface area contributed by atoms with Gasteiger partial charge in [0.1, 0.15) is 5.82 Å². The zero-order valence-corrected chi connectivity index (χ0v) is 13.7. The Hall–Kier alpha value is -0.950. The van der Waals surface area contributed by atoms with Crippen molar-refractivity contribution in [2.75, 3.05) is 5.32 Å². The molecule has 98 valence electrons. The third-order valence-corrected chi connectivity index (χ3v) is 4.17. The first-order chi connectivity index (χ1) is 8.95. The van der Waals surface area contributed by atoms with Gasteiger partial charge in [0.2, 0.25) is 0 Å². The molecule has 0 heterocycles. The van der Waals surface area contributed by atoms with Crippen LogP contribution in [0, 0.1) is 16.3 Å². The van der Waals surface area contributed by atoms with Crippen molar-refractivity contribution in [3.63, 3.8) is 0 Å². The lowest BCUT2D eigenvalue weighted by atomic mass is 10.2. The molecule has 2 aromatic carbocycles. The molecule has 0 radical (unpaired) electrons. The van der Waals surface area contributed by atoms with Gasteiger partial charge in [-0.2, -0.15) is 0 Å². The maximum Gasteiger partial charge on any atom is 0.255 e. The van der Waals surface area contributed by atoms with E-state index in [0.717, 1.165) is 9.13 Å². The Bertz CT molecular complexity index is 625. The zero-order valence-electron chi connectivity index (χ0n) is 10.0. The molecule has 2 rings (SSSR count). The lowest BCUT2D eigenvalue weighted by Crippen LogP contribution is -2.12. The van der Waals surface area contributed by atoms with Gasteiger partial charge in [-0.1, -0.05) is 22.0 Å². The van der Waals surface area contributed by atoms with Gasteiger partial charge in [-0.05, 0) is 65.4 Å². The van der Waals surface area contributed by atoms with E-state index in [2.05, 4.69) is 43.8 Å². The maximum absolute atomic E-state index is 13.2. The fraction of sp³-hybridized carbons (Fsp3) is 0.0714. The zero-order chi connectivity index (χ0) is 14.0. The second-order valence-corrected chi connectivity index (χ2v) is 6.15. The molecule has 1 N–H and O–H groups in total. The number of carbonyl (C=O) groups excluding carboxylic acids is 1.